The van der Waals surface area contributed by atoms with Gasteiger partial charge in [-0.15, -0.1) is 0 Å². The van der Waals surface area contributed by atoms with E-state index in [0.717, 1.165) is 24.1 Å². The summed E-state index contributed by atoms with van der Waals surface area (Å²) in [7, 11) is 1.67. The molecule has 3 aliphatic heterocycles. The Morgan fingerprint density at radius 2 is 1.85 bits per heavy atom. The minimum atomic E-state index is -0.611. The lowest BCUT2D eigenvalue weighted by atomic mass is 9.91. The molecule has 0 spiro atoms. The van der Waals surface area contributed by atoms with Gasteiger partial charge in [0.2, 0.25) is 6.79 Å². The van der Waals surface area contributed by atoms with E-state index >= 15 is 0 Å². The molecule has 1 fully saturated rings. The number of nitrogens with zero attached hydrogens (tertiary/aromatic N) is 3. The Morgan fingerprint density at radius 3 is 2.64 bits per heavy atom. The highest BCUT2D eigenvalue weighted by Crippen LogP contribution is 2.34. The molecule has 3 heterocycles. The molecule has 3 aliphatic rings. The number of benzene rings is 2. The van der Waals surface area contributed by atoms with Gasteiger partial charge < -0.3 is 24.4 Å². The number of ether oxygens (including phenoxy) is 3. The molecule has 1 N–H and O–H groups in total. The van der Waals surface area contributed by atoms with Crippen molar-refractivity contribution in [2.24, 2.45) is 0 Å². The molecule has 0 radical (unpaired) electrons. The van der Waals surface area contributed by atoms with Crippen LogP contribution in [0.2, 0.25) is 0 Å². The highest BCUT2D eigenvalue weighted by molar-refractivity contribution is 5.96. The molecule has 10 heteroatoms. The SMILES string of the molecule is CCOC(=O)C1=C(CN2CCCN(C(=O)c3ccc4c(c3)OCO4)CC2)N(C)C(=O)N[C@@H]1c1ccccc1C. The van der Waals surface area contributed by atoms with Gasteiger partial charge in [-0.1, -0.05) is 24.3 Å². The van der Waals surface area contributed by atoms with Crippen LogP contribution in [0.3, 0.4) is 0 Å². The Labute approximate surface area is 228 Å². The number of rotatable bonds is 6. The van der Waals surface area contributed by atoms with Crippen LogP contribution in [-0.2, 0) is 9.53 Å². The molecule has 2 aromatic rings. The third-order valence-electron chi connectivity index (χ3n) is 7.44. The number of esters is 1. The number of hydrogen-bond donors (Lipinski definition) is 1. The van der Waals surface area contributed by atoms with Crippen LogP contribution in [0.1, 0.15) is 40.9 Å². The van der Waals surface area contributed by atoms with E-state index in [1.54, 1.807) is 32.2 Å². The zero-order valence-corrected chi connectivity index (χ0v) is 22.6. The largest absolute Gasteiger partial charge is 0.463 e. The Bertz CT molecular complexity index is 1310. The maximum atomic E-state index is 13.3. The number of nitrogens with one attached hydrogen (secondary N) is 1. The molecule has 0 aliphatic carbocycles. The van der Waals surface area contributed by atoms with Crippen molar-refractivity contribution < 1.29 is 28.6 Å². The molecular formula is C29H34N4O6. The van der Waals surface area contributed by atoms with E-state index in [1.807, 2.05) is 36.1 Å². The van der Waals surface area contributed by atoms with E-state index in [0.29, 0.717) is 54.5 Å². The Morgan fingerprint density at radius 1 is 1.05 bits per heavy atom. The second-order valence-electron chi connectivity index (χ2n) is 9.87. The number of carbonyl (C=O) groups excluding carboxylic acids is 3. The number of likely N-dealkylation sites (N-methyl/N-ethyl adjacent to an activating group) is 1. The van der Waals surface area contributed by atoms with Crippen LogP contribution in [0.5, 0.6) is 11.5 Å². The summed E-state index contributed by atoms with van der Waals surface area (Å²) in [6.07, 6.45) is 0.759. The first kappa shape index (κ1) is 26.6. The van der Waals surface area contributed by atoms with Crippen LogP contribution in [0.4, 0.5) is 4.79 Å². The first-order valence-electron chi connectivity index (χ1n) is 13.3. The molecule has 3 amide bonds. The zero-order chi connectivity index (χ0) is 27.5. The molecule has 0 aromatic heterocycles. The minimum absolute atomic E-state index is 0.0599. The predicted octanol–water partition coefficient (Wildman–Crippen LogP) is 3.09. The van der Waals surface area contributed by atoms with E-state index in [2.05, 4.69) is 10.2 Å². The summed E-state index contributed by atoms with van der Waals surface area (Å²) in [5.74, 6) is 0.721. The topological polar surface area (TPSA) is 101 Å². The van der Waals surface area contributed by atoms with E-state index in [4.69, 9.17) is 14.2 Å². The molecule has 0 unspecified atom stereocenters. The second kappa shape index (κ2) is 11.4. The average molecular weight is 535 g/mol. The summed E-state index contributed by atoms with van der Waals surface area (Å²) < 4.78 is 16.3. The molecule has 1 saturated heterocycles. The van der Waals surface area contributed by atoms with Crippen molar-refractivity contribution in [2.45, 2.75) is 26.3 Å². The van der Waals surface area contributed by atoms with Crippen molar-refractivity contribution in [3.8, 4) is 11.5 Å². The quantitative estimate of drug-likeness (QED) is 0.569. The lowest BCUT2D eigenvalue weighted by molar-refractivity contribution is -0.139. The summed E-state index contributed by atoms with van der Waals surface area (Å²) in [4.78, 5) is 45.1. The van der Waals surface area contributed by atoms with Gasteiger partial charge in [0.1, 0.15) is 0 Å². The summed E-state index contributed by atoms with van der Waals surface area (Å²) in [6, 6.07) is 12.1. The molecule has 39 heavy (non-hydrogen) atoms. The minimum Gasteiger partial charge on any atom is -0.463 e. The fraction of sp³-hybridized carbons (Fsp3) is 0.414. The molecular weight excluding hydrogens is 500 g/mol. The van der Waals surface area contributed by atoms with Gasteiger partial charge in [0.25, 0.3) is 5.91 Å². The molecule has 0 bridgehead atoms. The normalized spacial score (nSPS) is 19.6. The van der Waals surface area contributed by atoms with Crippen molar-refractivity contribution in [1.29, 1.82) is 0 Å². The van der Waals surface area contributed by atoms with Crippen LogP contribution in [-0.4, -0.2) is 85.8 Å². The molecule has 206 valence electrons. The van der Waals surface area contributed by atoms with Gasteiger partial charge in [0, 0.05) is 51.0 Å². The molecule has 5 rings (SSSR count). The number of fused-ring (bicyclic) bond motifs is 1. The van der Waals surface area contributed by atoms with Crippen LogP contribution in [0.25, 0.3) is 0 Å². The van der Waals surface area contributed by atoms with Crippen LogP contribution in [0.15, 0.2) is 53.7 Å². The third kappa shape index (κ3) is 5.42. The van der Waals surface area contributed by atoms with Gasteiger partial charge in [-0.05, 0) is 49.6 Å². The van der Waals surface area contributed by atoms with E-state index in [1.165, 1.54) is 4.90 Å². The molecule has 0 saturated carbocycles. The van der Waals surface area contributed by atoms with Crippen molar-refractivity contribution in [1.82, 2.24) is 20.0 Å². The van der Waals surface area contributed by atoms with Gasteiger partial charge in [0.15, 0.2) is 11.5 Å². The maximum Gasteiger partial charge on any atom is 0.338 e. The Hall–Kier alpha value is -4.05. The number of urea groups is 1. The third-order valence-corrected chi connectivity index (χ3v) is 7.44. The van der Waals surface area contributed by atoms with Gasteiger partial charge in [-0.25, -0.2) is 9.59 Å². The summed E-state index contributed by atoms with van der Waals surface area (Å²) in [6.45, 7) is 6.94. The van der Waals surface area contributed by atoms with Gasteiger partial charge >= 0.3 is 12.0 Å². The van der Waals surface area contributed by atoms with Crippen molar-refractivity contribution in [3.05, 3.63) is 70.4 Å². The van der Waals surface area contributed by atoms with Crippen LogP contribution >= 0.6 is 0 Å². The zero-order valence-electron chi connectivity index (χ0n) is 22.6. The first-order valence-corrected chi connectivity index (χ1v) is 13.3. The lowest BCUT2D eigenvalue weighted by Crippen LogP contribution is -2.49. The number of carbonyl (C=O) groups is 3. The monoisotopic (exact) mass is 534 g/mol. The number of amides is 3. The lowest BCUT2D eigenvalue weighted by Gasteiger charge is -2.37. The van der Waals surface area contributed by atoms with Crippen molar-refractivity contribution in [2.75, 3.05) is 53.2 Å². The number of aryl methyl sites for hydroxylation is 1. The average Bonchev–Trinajstić information content (AvgIpc) is 3.28. The fourth-order valence-electron chi connectivity index (χ4n) is 5.30. The van der Waals surface area contributed by atoms with Crippen LogP contribution in [0, 0.1) is 6.92 Å². The maximum absolute atomic E-state index is 13.3. The molecule has 1 atom stereocenters. The van der Waals surface area contributed by atoms with Crippen LogP contribution < -0.4 is 14.8 Å². The summed E-state index contributed by atoms with van der Waals surface area (Å²) in [5.41, 5.74) is 3.44. The van der Waals surface area contributed by atoms with Gasteiger partial charge in [-0.3, -0.25) is 14.6 Å². The Balaban J connectivity index is 1.38. The fourth-order valence-corrected chi connectivity index (χ4v) is 5.30. The molecule has 10 nitrogen and oxygen atoms in total. The van der Waals surface area contributed by atoms with E-state index < -0.39 is 12.0 Å². The van der Waals surface area contributed by atoms with Gasteiger partial charge in [0.05, 0.1) is 18.2 Å². The number of hydrogen-bond acceptors (Lipinski definition) is 7. The highest BCUT2D eigenvalue weighted by Gasteiger charge is 2.38. The van der Waals surface area contributed by atoms with Crippen molar-refractivity contribution in [3.63, 3.8) is 0 Å². The van der Waals surface area contributed by atoms with E-state index in [9.17, 15) is 14.4 Å². The predicted molar refractivity (Wildman–Crippen MR) is 143 cm³/mol. The summed E-state index contributed by atoms with van der Waals surface area (Å²) >= 11 is 0. The first-order chi connectivity index (χ1) is 18.9. The van der Waals surface area contributed by atoms with Gasteiger partial charge in [-0.2, -0.15) is 0 Å². The highest BCUT2D eigenvalue weighted by atomic mass is 16.7. The van der Waals surface area contributed by atoms with Crippen molar-refractivity contribution >= 4 is 17.9 Å². The smallest absolute Gasteiger partial charge is 0.338 e. The second-order valence-corrected chi connectivity index (χ2v) is 9.87. The van der Waals surface area contributed by atoms with E-state index in [-0.39, 0.29) is 25.3 Å². The molecule has 2 aromatic carbocycles. The Kier molecular flexibility index (Phi) is 7.74. The standard InChI is InChI=1S/C29H34N4O6/c1-4-37-28(35)25-22(31(3)29(36)30-26(25)21-9-6-5-8-19(21)2)17-32-12-7-13-33(15-14-32)27(34)20-10-11-23-24(16-20)39-18-38-23/h5-6,8-11,16,26H,4,7,12-15,17-18H2,1-3H3,(H,30,36)/t26-/m1/s1. The summed E-state index contributed by atoms with van der Waals surface area (Å²) in [5, 5.41) is 2.99.